The lowest BCUT2D eigenvalue weighted by molar-refractivity contribution is 0.0696. The van der Waals surface area contributed by atoms with Crippen molar-refractivity contribution in [2.75, 3.05) is 26.2 Å². The van der Waals surface area contributed by atoms with E-state index in [-0.39, 0.29) is 21.8 Å². The van der Waals surface area contributed by atoms with Gasteiger partial charge in [-0.3, -0.25) is 9.59 Å². The Kier molecular flexibility index (Phi) is 5.72. The van der Waals surface area contributed by atoms with Crippen molar-refractivity contribution >= 4 is 26.8 Å². The van der Waals surface area contributed by atoms with Gasteiger partial charge in [0.15, 0.2) is 0 Å². The molecular formula is C22H29N3O4S. The highest BCUT2D eigenvalue weighted by Crippen LogP contribution is 2.25. The maximum Gasteiger partial charge on any atom is 0.259 e. The molecule has 0 spiro atoms. The fraction of sp³-hybridized carbons (Fsp3) is 0.545. The van der Waals surface area contributed by atoms with Gasteiger partial charge in [0, 0.05) is 43.3 Å². The molecule has 162 valence electrons. The van der Waals surface area contributed by atoms with E-state index in [1.54, 1.807) is 11.0 Å². The van der Waals surface area contributed by atoms with Crippen LogP contribution in [0.4, 0.5) is 0 Å². The molecule has 0 saturated carbocycles. The van der Waals surface area contributed by atoms with Crippen LogP contribution in [0.5, 0.6) is 0 Å². The van der Waals surface area contributed by atoms with Gasteiger partial charge in [0.2, 0.25) is 15.5 Å². The number of hydrogen-bond acceptors (Lipinski definition) is 4. The van der Waals surface area contributed by atoms with Gasteiger partial charge >= 0.3 is 0 Å². The number of nitrogens with zero attached hydrogens (tertiary/aromatic N) is 2. The van der Waals surface area contributed by atoms with E-state index in [9.17, 15) is 18.0 Å². The number of hydrogen-bond donors (Lipinski definition) is 1. The molecule has 1 aromatic heterocycles. The molecule has 1 N–H and O–H groups in total. The van der Waals surface area contributed by atoms with E-state index in [0.717, 1.165) is 25.7 Å². The van der Waals surface area contributed by atoms with Crippen molar-refractivity contribution in [3.8, 4) is 0 Å². The van der Waals surface area contributed by atoms with Crippen molar-refractivity contribution in [2.24, 2.45) is 11.8 Å². The molecule has 30 heavy (non-hydrogen) atoms. The molecule has 0 unspecified atom stereocenters. The Labute approximate surface area is 177 Å². The number of likely N-dealkylation sites (tertiary alicyclic amines) is 1. The minimum absolute atomic E-state index is 0.0680. The predicted octanol–water partition coefficient (Wildman–Crippen LogP) is 2.82. The lowest BCUT2D eigenvalue weighted by atomic mass is 9.98. The van der Waals surface area contributed by atoms with Crippen LogP contribution in [0.2, 0.25) is 0 Å². The highest BCUT2D eigenvalue weighted by molar-refractivity contribution is 7.89. The lowest BCUT2D eigenvalue weighted by Crippen LogP contribution is -2.40. The van der Waals surface area contributed by atoms with E-state index in [1.807, 2.05) is 0 Å². The monoisotopic (exact) mass is 431 g/mol. The molecule has 0 bridgehead atoms. The number of aromatic amines is 1. The Balaban J connectivity index is 1.68. The molecule has 2 aliphatic rings. The van der Waals surface area contributed by atoms with Crippen molar-refractivity contribution < 1.29 is 13.2 Å². The van der Waals surface area contributed by atoms with Crippen molar-refractivity contribution in [1.29, 1.82) is 0 Å². The number of rotatable bonds is 3. The van der Waals surface area contributed by atoms with Crippen LogP contribution in [0.1, 0.15) is 49.9 Å². The van der Waals surface area contributed by atoms with Gasteiger partial charge in [0.1, 0.15) is 5.56 Å². The summed E-state index contributed by atoms with van der Waals surface area (Å²) in [6.45, 7) is 6.54. The summed E-state index contributed by atoms with van der Waals surface area (Å²) in [6, 6.07) is 4.54. The minimum Gasteiger partial charge on any atom is -0.360 e. The molecule has 0 atom stereocenters. The molecule has 2 aliphatic heterocycles. The Morgan fingerprint density at radius 2 is 1.60 bits per heavy atom. The van der Waals surface area contributed by atoms with E-state index in [2.05, 4.69) is 18.8 Å². The Morgan fingerprint density at radius 1 is 1.00 bits per heavy atom. The summed E-state index contributed by atoms with van der Waals surface area (Å²) in [5.74, 6) is 0.806. The summed E-state index contributed by atoms with van der Waals surface area (Å²) >= 11 is 0. The Bertz CT molecular complexity index is 1110. The second-order valence-corrected chi connectivity index (χ2v) is 10.7. The third kappa shape index (κ3) is 3.90. The maximum atomic E-state index is 13.1. The first kappa shape index (κ1) is 21.1. The van der Waals surface area contributed by atoms with Crippen LogP contribution in [-0.4, -0.2) is 54.7 Å². The number of carbonyl (C=O) groups excluding carboxylic acids is 1. The van der Waals surface area contributed by atoms with Gasteiger partial charge in [-0.15, -0.1) is 0 Å². The average Bonchev–Trinajstić information content (AvgIpc) is 2.74. The van der Waals surface area contributed by atoms with E-state index >= 15 is 0 Å². The lowest BCUT2D eigenvalue weighted by Gasteiger charge is -2.30. The molecule has 0 aliphatic carbocycles. The molecule has 8 heteroatoms. The highest BCUT2D eigenvalue weighted by Gasteiger charge is 2.29. The highest BCUT2D eigenvalue weighted by atomic mass is 32.2. The van der Waals surface area contributed by atoms with Crippen LogP contribution in [0.15, 0.2) is 34.1 Å². The van der Waals surface area contributed by atoms with Crippen molar-refractivity contribution in [3.63, 3.8) is 0 Å². The summed E-state index contributed by atoms with van der Waals surface area (Å²) in [4.78, 5) is 30.8. The topological polar surface area (TPSA) is 90.6 Å². The summed E-state index contributed by atoms with van der Waals surface area (Å²) < 4.78 is 27.7. The largest absolute Gasteiger partial charge is 0.360 e. The van der Waals surface area contributed by atoms with Crippen LogP contribution >= 0.6 is 0 Å². The third-order valence-electron chi connectivity index (χ3n) is 6.53. The molecular weight excluding hydrogens is 402 g/mol. The van der Waals surface area contributed by atoms with Gasteiger partial charge in [0.05, 0.1) is 4.90 Å². The third-order valence-corrected chi connectivity index (χ3v) is 8.43. The first-order valence-corrected chi connectivity index (χ1v) is 12.2. The number of amides is 1. The van der Waals surface area contributed by atoms with Crippen LogP contribution in [0, 0.1) is 11.8 Å². The molecule has 4 rings (SSSR count). The van der Waals surface area contributed by atoms with E-state index < -0.39 is 15.5 Å². The Morgan fingerprint density at radius 3 is 2.23 bits per heavy atom. The number of carbonyl (C=O) groups is 1. The number of aromatic nitrogens is 1. The number of H-pyrrole nitrogens is 1. The van der Waals surface area contributed by atoms with Crippen LogP contribution in [0.25, 0.3) is 10.9 Å². The molecule has 2 saturated heterocycles. The summed E-state index contributed by atoms with van der Waals surface area (Å²) in [5.41, 5.74) is 0.171. The van der Waals surface area contributed by atoms with Gasteiger partial charge < -0.3 is 9.88 Å². The number of piperidine rings is 2. The smallest absolute Gasteiger partial charge is 0.259 e. The van der Waals surface area contributed by atoms with Gasteiger partial charge in [-0.1, -0.05) is 13.8 Å². The van der Waals surface area contributed by atoms with Crippen LogP contribution < -0.4 is 5.43 Å². The SMILES string of the molecule is CC1CCN(C(=O)c2c[nH]c3ccc(S(=O)(=O)N4CCC(C)CC4)cc3c2=O)CC1. The zero-order valence-electron chi connectivity index (χ0n) is 17.6. The van der Waals surface area contributed by atoms with E-state index in [1.165, 1.54) is 22.6 Å². The normalized spacial score (nSPS) is 20.0. The molecule has 0 radical (unpaired) electrons. The van der Waals surface area contributed by atoms with Crippen molar-refractivity contribution in [2.45, 2.75) is 44.4 Å². The van der Waals surface area contributed by atoms with Crippen LogP contribution in [0.3, 0.4) is 0 Å². The number of nitrogens with one attached hydrogen (secondary N) is 1. The first-order valence-electron chi connectivity index (χ1n) is 10.7. The first-order chi connectivity index (χ1) is 14.3. The van der Waals surface area contributed by atoms with Gasteiger partial charge in [0.25, 0.3) is 5.91 Å². The average molecular weight is 432 g/mol. The number of benzene rings is 1. The zero-order valence-corrected chi connectivity index (χ0v) is 18.4. The molecule has 2 aromatic rings. The van der Waals surface area contributed by atoms with Gasteiger partial charge in [-0.25, -0.2) is 8.42 Å². The van der Waals surface area contributed by atoms with Gasteiger partial charge in [-0.05, 0) is 55.7 Å². The maximum absolute atomic E-state index is 13.1. The number of fused-ring (bicyclic) bond motifs is 1. The fourth-order valence-corrected chi connectivity index (χ4v) is 5.77. The molecule has 2 fully saturated rings. The van der Waals surface area contributed by atoms with E-state index in [0.29, 0.717) is 43.5 Å². The Hall–Kier alpha value is -2.19. The summed E-state index contributed by atoms with van der Waals surface area (Å²) in [5, 5.41) is 0.234. The zero-order chi connectivity index (χ0) is 21.5. The standard InChI is InChI=1S/C22H29N3O4S/c1-15-5-9-24(10-6-15)22(27)19-14-23-20-4-3-17(13-18(20)21(19)26)30(28,29)25-11-7-16(2)8-12-25/h3-4,13-16H,5-12H2,1-2H3,(H,23,26). The molecule has 1 aromatic carbocycles. The van der Waals surface area contributed by atoms with Crippen LogP contribution in [-0.2, 0) is 10.0 Å². The summed E-state index contributed by atoms with van der Waals surface area (Å²) in [7, 11) is -3.67. The second-order valence-electron chi connectivity index (χ2n) is 8.80. The van der Waals surface area contributed by atoms with Crippen molar-refractivity contribution in [1.82, 2.24) is 14.2 Å². The number of pyridine rings is 1. The van der Waals surface area contributed by atoms with Gasteiger partial charge in [-0.2, -0.15) is 4.31 Å². The second kappa shape index (κ2) is 8.15. The van der Waals surface area contributed by atoms with E-state index in [4.69, 9.17) is 0 Å². The summed E-state index contributed by atoms with van der Waals surface area (Å²) in [6.07, 6.45) is 4.97. The van der Waals surface area contributed by atoms with Crippen molar-refractivity contribution in [3.05, 3.63) is 40.2 Å². The molecule has 1 amide bonds. The predicted molar refractivity (Wildman–Crippen MR) is 116 cm³/mol. The minimum atomic E-state index is -3.67. The molecule has 3 heterocycles. The fourth-order valence-electron chi connectivity index (χ4n) is 4.27. The molecule has 7 nitrogen and oxygen atoms in total. The quantitative estimate of drug-likeness (QED) is 0.809. The number of sulfonamides is 1.